The van der Waals surface area contributed by atoms with Crippen molar-refractivity contribution in [2.45, 2.75) is 51.8 Å². The zero-order chi connectivity index (χ0) is 29.5. The molecule has 0 aliphatic carbocycles. The van der Waals surface area contributed by atoms with Gasteiger partial charge in [-0.3, -0.25) is 18.7 Å². The van der Waals surface area contributed by atoms with Crippen molar-refractivity contribution in [2.24, 2.45) is 0 Å². The average molecular weight is 555 g/mol. The van der Waals surface area contributed by atoms with Gasteiger partial charge in [0.2, 0.25) is 0 Å². The average Bonchev–Trinajstić information content (AvgIpc) is 3.49. The molecule has 5 aromatic rings. The summed E-state index contributed by atoms with van der Waals surface area (Å²) in [5.74, 6) is -1.46. The number of benzene rings is 3. The van der Waals surface area contributed by atoms with E-state index in [2.05, 4.69) is 10.3 Å². The summed E-state index contributed by atoms with van der Waals surface area (Å²) in [5.41, 5.74) is 3.48. The molecule has 0 bridgehead atoms. The summed E-state index contributed by atoms with van der Waals surface area (Å²) in [7, 11) is 0. The second-order valence-corrected chi connectivity index (χ2v) is 11.2. The molecule has 9 nitrogen and oxygen atoms in total. The van der Waals surface area contributed by atoms with E-state index in [1.165, 1.54) is 4.57 Å². The van der Waals surface area contributed by atoms with E-state index < -0.39 is 29.6 Å². The van der Waals surface area contributed by atoms with E-state index >= 15 is 0 Å². The minimum absolute atomic E-state index is 0.0420. The summed E-state index contributed by atoms with van der Waals surface area (Å²) in [6.45, 7) is 7.20. The van der Waals surface area contributed by atoms with Crippen molar-refractivity contribution in [1.29, 1.82) is 0 Å². The molecular formula is C32H34N4O5. The van der Waals surface area contributed by atoms with E-state index in [1.807, 2.05) is 44.3 Å². The van der Waals surface area contributed by atoms with Gasteiger partial charge < -0.3 is 20.5 Å². The zero-order valence-electron chi connectivity index (χ0n) is 23.5. The molecule has 4 N–H and O–H groups in total. The highest BCUT2D eigenvalue weighted by atomic mass is 16.4. The molecule has 2 atom stereocenters. The van der Waals surface area contributed by atoms with Crippen LogP contribution in [0.3, 0.4) is 0 Å². The lowest BCUT2D eigenvalue weighted by Crippen LogP contribution is -2.38. The number of hydrogen-bond donors (Lipinski definition) is 4. The van der Waals surface area contributed by atoms with Crippen LogP contribution in [0.4, 0.5) is 0 Å². The normalized spacial score (nSPS) is 13.4. The van der Waals surface area contributed by atoms with Crippen LogP contribution in [0.2, 0.25) is 0 Å². The number of nitrogens with one attached hydrogen (secondary N) is 2. The van der Waals surface area contributed by atoms with Crippen LogP contribution in [0.15, 0.2) is 77.7 Å². The van der Waals surface area contributed by atoms with Crippen LogP contribution >= 0.6 is 0 Å². The highest BCUT2D eigenvalue weighted by Crippen LogP contribution is 2.33. The summed E-state index contributed by atoms with van der Waals surface area (Å²) < 4.78 is 3.16. The van der Waals surface area contributed by atoms with Gasteiger partial charge in [-0.2, -0.15) is 0 Å². The largest absolute Gasteiger partial charge is 0.481 e. The number of fused-ring (bicyclic) bond motifs is 2. The van der Waals surface area contributed by atoms with Gasteiger partial charge in [-0.25, -0.2) is 4.79 Å². The van der Waals surface area contributed by atoms with Gasteiger partial charge in [0.15, 0.2) is 0 Å². The lowest BCUT2D eigenvalue weighted by atomic mass is 10.0. The molecule has 9 heteroatoms. The Morgan fingerprint density at radius 3 is 2.41 bits per heavy atom. The molecule has 0 fully saturated rings. The Labute approximate surface area is 237 Å². The highest BCUT2D eigenvalue weighted by Gasteiger charge is 2.28. The number of aromatic nitrogens is 3. The van der Waals surface area contributed by atoms with Gasteiger partial charge in [0.25, 0.3) is 5.91 Å². The van der Waals surface area contributed by atoms with E-state index in [9.17, 15) is 24.6 Å². The smallest absolute Gasteiger partial charge is 0.330 e. The van der Waals surface area contributed by atoms with Gasteiger partial charge in [-0.1, -0.05) is 42.5 Å². The first-order valence-corrected chi connectivity index (χ1v) is 13.6. The fourth-order valence-electron chi connectivity index (χ4n) is 5.52. The number of H-pyrrole nitrogens is 1. The van der Waals surface area contributed by atoms with Crippen molar-refractivity contribution < 1.29 is 19.8 Å². The highest BCUT2D eigenvalue weighted by molar-refractivity contribution is 5.97. The molecule has 212 valence electrons. The molecule has 0 aliphatic rings. The number of aryl methyl sites for hydroxylation is 1. The topological polar surface area (TPSA) is 129 Å². The van der Waals surface area contributed by atoms with Crippen LogP contribution in [0.1, 0.15) is 66.3 Å². The molecule has 1 amide bonds. The molecule has 41 heavy (non-hydrogen) atoms. The molecule has 5 rings (SSSR count). The van der Waals surface area contributed by atoms with Gasteiger partial charge in [0.1, 0.15) is 0 Å². The minimum Gasteiger partial charge on any atom is -0.481 e. The lowest BCUT2D eigenvalue weighted by molar-refractivity contribution is -0.137. The van der Waals surface area contributed by atoms with Crippen LogP contribution in [0.5, 0.6) is 0 Å². The maximum Gasteiger partial charge on any atom is 0.330 e. The number of aliphatic carboxylic acids is 1. The van der Waals surface area contributed by atoms with Crippen LogP contribution in [-0.4, -0.2) is 48.4 Å². The van der Waals surface area contributed by atoms with Crippen LogP contribution < -0.4 is 11.0 Å². The maximum atomic E-state index is 14.4. The van der Waals surface area contributed by atoms with E-state index in [1.54, 1.807) is 60.9 Å². The zero-order valence-corrected chi connectivity index (χ0v) is 23.5. The molecule has 0 aliphatic heterocycles. The number of hydrogen-bond acceptors (Lipinski definition) is 4. The van der Waals surface area contributed by atoms with Gasteiger partial charge in [-0.05, 0) is 63.1 Å². The van der Waals surface area contributed by atoms with E-state index in [-0.39, 0.29) is 18.7 Å². The van der Waals surface area contributed by atoms with Gasteiger partial charge in [0, 0.05) is 34.8 Å². The molecule has 0 saturated carbocycles. The van der Waals surface area contributed by atoms with Crippen molar-refractivity contribution in [3.8, 4) is 0 Å². The van der Waals surface area contributed by atoms with Crippen molar-refractivity contribution in [1.82, 2.24) is 19.4 Å². The summed E-state index contributed by atoms with van der Waals surface area (Å²) in [6, 6.07) is 18.8. The second-order valence-electron chi connectivity index (χ2n) is 11.2. The fourth-order valence-corrected chi connectivity index (χ4v) is 5.52. The Hall–Kier alpha value is -4.63. The molecule has 1 unspecified atom stereocenters. The number of imidazole rings is 1. The Kier molecular flexibility index (Phi) is 7.31. The summed E-state index contributed by atoms with van der Waals surface area (Å²) in [5, 5.41) is 23.7. The Bertz CT molecular complexity index is 1810. The number of amides is 1. The summed E-state index contributed by atoms with van der Waals surface area (Å²) in [6.07, 6.45) is 1.58. The SMILES string of the molecule is Cc1cccc2[nH]cc(C(C)n3c(=O)n([C@H](CC(=O)O)c4ccccc4)c4cc(C(=O)NCC(C)(C)O)ccc43)c12. The molecule has 0 saturated heterocycles. The molecule has 2 heterocycles. The summed E-state index contributed by atoms with van der Waals surface area (Å²) in [4.78, 5) is 42.8. The maximum absolute atomic E-state index is 14.4. The predicted molar refractivity (Wildman–Crippen MR) is 159 cm³/mol. The monoisotopic (exact) mass is 554 g/mol. The first-order chi connectivity index (χ1) is 19.5. The third kappa shape index (κ3) is 5.40. The van der Waals surface area contributed by atoms with Crippen molar-refractivity contribution in [3.05, 3.63) is 106 Å². The lowest BCUT2D eigenvalue weighted by Gasteiger charge is -2.19. The van der Waals surface area contributed by atoms with Crippen molar-refractivity contribution >= 4 is 33.8 Å². The second kappa shape index (κ2) is 10.7. The van der Waals surface area contributed by atoms with Crippen LogP contribution in [0, 0.1) is 6.92 Å². The number of carboxylic acid groups (broad SMARTS) is 1. The Morgan fingerprint density at radius 1 is 1.00 bits per heavy atom. The molecule has 2 aromatic heterocycles. The number of nitrogens with zero attached hydrogens (tertiary/aromatic N) is 2. The minimum atomic E-state index is -1.10. The number of aliphatic hydroxyl groups is 1. The number of carboxylic acids is 1. The number of carbonyl (C=O) groups excluding carboxylic acids is 1. The van der Waals surface area contributed by atoms with Crippen LogP contribution in [0.25, 0.3) is 21.9 Å². The predicted octanol–water partition coefficient (Wildman–Crippen LogP) is 4.77. The first kappa shape index (κ1) is 27.9. The van der Waals surface area contributed by atoms with Gasteiger partial charge >= 0.3 is 11.7 Å². The van der Waals surface area contributed by atoms with Crippen molar-refractivity contribution in [3.63, 3.8) is 0 Å². The van der Waals surface area contributed by atoms with E-state index in [0.29, 0.717) is 22.2 Å². The molecule has 3 aromatic carbocycles. The van der Waals surface area contributed by atoms with Crippen molar-refractivity contribution in [2.75, 3.05) is 6.54 Å². The van der Waals surface area contributed by atoms with Gasteiger partial charge in [0.05, 0.1) is 35.1 Å². The number of carbonyl (C=O) groups is 2. The third-order valence-corrected chi connectivity index (χ3v) is 7.50. The number of rotatable bonds is 9. The standard InChI is InChI=1S/C32H34N4O5/c1-19-9-8-12-24-29(19)23(17-33-24)20(2)35-25-14-13-22(30(39)34-18-32(3,4)41)15-27(25)36(31(35)40)26(16-28(37)38)21-10-6-5-7-11-21/h5-15,17,20,26,33,41H,16,18H2,1-4H3,(H,34,39)(H,37,38)/t20?,26-/m1/s1. The molecule has 0 radical (unpaired) electrons. The molecule has 0 spiro atoms. The third-order valence-electron chi connectivity index (χ3n) is 7.50. The summed E-state index contributed by atoms with van der Waals surface area (Å²) >= 11 is 0. The quantitative estimate of drug-likeness (QED) is 0.209. The van der Waals surface area contributed by atoms with Crippen LogP contribution in [-0.2, 0) is 4.79 Å². The fraction of sp³-hybridized carbons (Fsp3) is 0.281. The van der Waals surface area contributed by atoms with E-state index in [0.717, 1.165) is 22.0 Å². The Morgan fingerprint density at radius 2 is 1.73 bits per heavy atom. The van der Waals surface area contributed by atoms with E-state index in [4.69, 9.17) is 0 Å². The number of aromatic amines is 1. The Balaban J connectivity index is 1.74. The molecular weight excluding hydrogens is 520 g/mol. The first-order valence-electron chi connectivity index (χ1n) is 13.6. The van der Waals surface area contributed by atoms with Gasteiger partial charge in [-0.15, -0.1) is 0 Å².